The molecule has 2 N–H and O–H groups in total. The summed E-state index contributed by atoms with van der Waals surface area (Å²) < 4.78 is 7.09. The van der Waals surface area contributed by atoms with Crippen molar-refractivity contribution in [2.75, 3.05) is 6.61 Å². The molecule has 40 heavy (non-hydrogen) atoms. The number of carbonyl (C=O) groups is 1. The minimum Gasteiger partial charge on any atom is -0.508 e. The van der Waals surface area contributed by atoms with Gasteiger partial charge in [0.25, 0.3) is 0 Å². The van der Waals surface area contributed by atoms with Crippen LogP contribution in [0, 0.1) is 20.8 Å². The van der Waals surface area contributed by atoms with Crippen LogP contribution in [-0.4, -0.2) is 45.6 Å². The zero-order valence-corrected chi connectivity index (χ0v) is 25.1. The van der Waals surface area contributed by atoms with Gasteiger partial charge in [-0.15, -0.1) is 11.3 Å². The predicted octanol–water partition coefficient (Wildman–Crippen LogP) is 8.17. The number of thiophene rings is 1. The van der Waals surface area contributed by atoms with Gasteiger partial charge in [0, 0.05) is 44.2 Å². The van der Waals surface area contributed by atoms with Crippen LogP contribution in [0.25, 0.3) is 20.5 Å². The van der Waals surface area contributed by atoms with E-state index in [-0.39, 0.29) is 17.3 Å². The average Bonchev–Trinajstić information content (AvgIpc) is 3.24. The van der Waals surface area contributed by atoms with Crippen molar-refractivity contribution in [1.82, 2.24) is 4.90 Å². The van der Waals surface area contributed by atoms with Gasteiger partial charge in [0.1, 0.15) is 23.9 Å². The Hall–Kier alpha value is -3.35. The summed E-state index contributed by atoms with van der Waals surface area (Å²) in [5.41, 5.74) is 4.61. The Balaban J connectivity index is 1.47. The zero-order valence-electron chi connectivity index (χ0n) is 24.2. The first-order valence-corrected chi connectivity index (χ1v) is 15.0. The van der Waals surface area contributed by atoms with Gasteiger partial charge in [0.05, 0.1) is 0 Å². The Labute approximate surface area is 241 Å². The van der Waals surface area contributed by atoms with Crippen LogP contribution in [0.3, 0.4) is 0 Å². The molecular formula is C34H39NO4S. The molecule has 3 atom stereocenters. The van der Waals surface area contributed by atoms with Crippen molar-refractivity contribution < 1.29 is 19.7 Å². The number of carbonyl (C=O) groups excluding carboxylic acids is 1. The quantitative estimate of drug-likeness (QED) is 0.224. The summed E-state index contributed by atoms with van der Waals surface area (Å²) in [5.74, 6) is 1.10. The van der Waals surface area contributed by atoms with Crippen molar-refractivity contribution in [2.45, 2.75) is 78.9 Å². The van der Waals surface area contributed by atoms with Gasteiger partial charge in [-0.2, -0.15) is 0 Å². The van der Waals surface area contributed by atoms with Crippen LogP contribution in [0.5, 0.6) is 17.2 Å². The fourth-order valence-corrected chi connectivity index (χ4v) is 7.59. The number of aryl methyl sites for hydroxylation is 3. The van der Waals surface area contributed by atoms with Crippen LogP contribution < -0.4 is 4.74 Å². The van der Waals surface area contributed by atoms with Gasteiger partial charge < -0.3 is 14.9 Å². The summed E-state index contributed by atoms with van der Waals surface area (Å²) in [6, 6.07) is 16.0. The van der Waals surface area contributed by atoms with Crippen molar-refractivity contribution in [3.63, 3.8) is 0 Å². The van der Waals surface area contributed by atoms with Gasteiger partial charge in [0.15, 0.2) is 5.78 Å². The Morgan fingerprint density at radius 2 is 1.70 bits per heavy atom. The molecule has 0 saturated carbocycles. The molecule has 5 rings (SSSR count). The molecule has 3 unspecified atom stereocenters. The molecule has 2 heterocycles. The summed E-state index contributed by atoms with van der Waals surface area (Å²) in [7, 11) is 0. The maximum Gasteiger partial charge on any atom is 0.195 e. The van der Waals surface area contributed by atoms with Crippen molar-refractivity contribution in [1.29, 1.82) is 0 Å². The molecule has 3 aromatic carbocycles. The lowest BCUT2D eigenvalue weighted by Crippen LogP contribution is -2.50. The van der Waals surface area contributed by atoms with E-state index in [1.165, 1.54) is 30.6 Å². The maximum atomic E-state index is 14.2. The molecule has 1 aliphatic heterocycles. The molecule has 0 spiro atoms. The molecule has 5 nitrogen and oxygen atoms in total. The Bertz CT molecular complexity index is 1560. The third-order valence-corrected chi connectivity index (χ3v) is 9.58. The number of nitrogens with zero attached hydrogens (tertiary/aromatic N) is 1. The van der Waals surface area contributed by atoms with E-state index in [0.29, 0.717) is 35.9 Å². The molecule has 0 radical (unpaired) electrons. The smallest absolute Gasteiger partial charge is 0.195 e. The van der Waals surface area contributed by atoms with E-state index in [1.54, 1.807) is 18.2 Å². The van der Waals surface area contributed by atoms with Crippen LogP contribution in [0.15, 0.2) is 48.5 Å². The molecule has 0 amide bonds. The van der Waals surface area contributed by atoms with Gasteiger partial charge in [-0.1, -0.05) is 6.42 Å². The third kappa shape index (κ3) is 5.35. The fourth-order valence-electron chi connectivity index (χ4n) is 6.29. The maximum absolute atomic E-state index is 14.2. The van der Waals surface area contributed by atoms with E-state index in [2.05, 4.69) is 25.7 Å². The molecule has 210 valence electrons. The highest BCUT2D eigenvalue weighted by atomic mass is 32.1. The van der Waals surface area contributed by atoms with E-state index >= 15 is 0 Å². The third-order valence-electron chi connectivity index (χ3n) is 8.39. The molecule has 1 aliphatic rings. The zero-order chi connectivity index (χ0) is 28.7. The Morgan fingerprint density at radius 3 is 2.38 bits per heavy atom. The van der Waals surface area contributed by atoms with Crippen LogP contribution in [0.1, 0.15) is 72.6 Å². The highest BCUT2D eigenvalue weighted by Gasteiger charge is 2.29. The molecule has 1 saturated heterocycles. The van der Waals surface area contributed by atoms with E-state index in [4.69, 9.17) is 4.74 Å². The number of rotatable bonds is 7. The first kappa shape index (κ1) is 28.2. The SMILES string of the molecule is Cc1cc2c(C(=O)c3ccc(OCC(C)N4C(C)CCCC4C)cc3C)c(-c3ccc(O)cc3C)sc2cc1O. The number of likely N-dealkylation sites (tertiary alicyclic amines) is 1. The number of fused-ring (bicyclic) bond motifs is 1. The topological polar surface area (TPSA) is 70.0 Å². The Morgan fingerprint density at radius 1 is 0.975 bits per heavy atom. The second-order valence-corrected chi connectivity index (χ2v) is 12.5. The van der Waals surface area contributed by atoms with Gasteiger partial charge >= 0.3 is 0 Å². The number of ketones is 1. The van der Waals surface area contributed by atoms with Crippen LogP contribution in [0.2, 0.25) is 0 Å². The standard InChI is InChI=1S/C34H39NO4S/c1-19-14-25(36)10-12-28(19)34-32(29-16-21(3)30(37)17-31(29)40-34)33(38)27-13-11-26(15-20(27)2)39-18-24(6)35-22(4)8-7-9-23(35)5/h10-17,22-24,36-37H,7-9,18H2,1-6H3. The minimum absolute atomic E-state index is 0.0628. The number of phenols is 2. The number of aromatic hydroxyl groups is 2. The largest absolute Gasteiger partial charge is 0.508 e. The highest BCUT2D eigenvalue weighted by Crippen LogP contribution is 2.44. The first-order chi connectivity index (χ1) is 19.0. The molecule has 6 heteroatoms. The summed E-state index contributed by atoms with van der Waals surface area (Å²) in [4.78, 5) is 17.6. The van der Waals surface area contributed by atoms with Crippen molar-refractivity contribution in [3.05, 3.63) is 76.3 Å². The van der Waals surface area contributed by atoms with Crippen molar-refractivity contribution in [2.24, 2.45) is 0 Å². The van der Waals surface area contributed by atoms with Crippen molar-refractivity contribution in [3.8, 4) is 27.7 Å². The highest BCUT2D eigenvalue weighted by molar-refractivity contribution is 7.22. The number of hydrogen-bond donors (Lipinski definition) is 2. The molecule has 1 fully saturated rings. The molecule has 4 aromatic rings. The lowest BCUT2D eigenvalue weighted by atomic mass is 9.93. The number of benzene rings is 3. The normalized spacial score (nSPS) is 18.6. The average molecular weight is 558 g/mol. The molecular weight excluding hydrogens is 518 g/mol. The summed E-state index contributed by atoms with van der Waals surface area (Å²) in [6.45, 7) is 13.2. The number of piperidine rings is 1. The monoisotopic (exact) mass is 557 g/mol. The fraction of sp³-hybridized carbons (Fsp3) is 0.382. The molecule has 0 aliphatic carbocycles. The Kier molecular flexibility index (Phi) is 7.94. The molecule has 1 aromatic heterocycles. The van der Waals surface area contributed by atoms with Crippen LogP contribution in [-0.2, 0) is 0 Å². The summed E-state index contributed by atoms with van der Waals surface area (Å²) in [6.07, 6.45) is 3.74. The first-order valence-electron chi connectivity index (χ1n) is 14.2. The summed E-state index contributed by atoms with van der Waals surface area (Å²) >= 11 is 1.49. The van der Waals surface area contributed by atoms with Gasteiger partial charge in [-0.25, -0.2) is 0 Å². The van der Waals surface area contributed by atoms with Crippen LogP contribution in [0.4, 0.5) is 0 Å². The predicted molar refractivity (Wildman–Crippen MR) is 164 cm³/mol. The van der Waals surface area contributed by atoms with Gasteiger partial charge in [0.2, 0.25) is 0 Å². The lowest BCUT2D eigenvalue weighted by molar-refractivity contribution is 0.0397. The van der Waals surface area contributed by atoms with Gasteiger partial charge in [-0.3, -0.25) is 9.69 Å². The number of ether oxygens (including phenoxy) is 1. The second kappa shape index (κ2) is 11.3. The number of phenolic OH excluding ortho intramolecular Hbond substituents is 2. The summed E-state index contributed by atoms with van der Waals surface area (Å²) in [5, 5.41) is 21.2. The second-order valence-electron chi connectivity index (χ2n) is 11.5. The molecule has 0 bridgehead atoms. The van der Waals surface area contributed by atoms with E-state index in [1.807, 2.05) is 51.1 Å². The van der Waals surface area contributed by atoms with E-state index in [9.17, 15) is 15.0 Å². The van der Waals surface area contributed by atoms with E-state index < -0.39 is 0 Å². The van der Waals surface area contributed by atoms with E-state index in [0.717, 1.165) is 43.0 Å². The van der Waals surface area contributed by atoms with Crippen LogP contribution >= 0.6 is 11.3 Å². The van der Waals surface area contributed by atoms with Gasteiger partial charge in [-0.05, 0) is 125 Å². The minimum atomic E-state index is -0.0628. The number of hydrogen-bond acceptors (Lipinski definition) is 6. The van der Waals surface area contributed by atoms with Crippen molar-refractivity contribution >= 4 is 27.2 Å². The lowest BCUT2D eigenvalue weighted by Gasteiger charge is -2.42.